The number of ether oxygens (including phenoxy) is 1. The van der Waals surface area contributed by atoms with Gasteiger partial charge in [0.15, 0.2) is 0 Å². The van der Waals surface area contributed by atoms with Gasteiger partial charge in [0, 0.05) is 17.8 Å². The summed E-state index contributed by atoms with van der Waals surface area (Å²) in [5, 5.41) is 2.80. The molecule has 0 saturated carbocycles. The Bertz CT molecular complexity index is 865. The highest BCUT2D eigenvalue weighted by molar-refractivity contribution is 7.92. The Morgan fingerprint density at radius 3 is 2.44 bits per heavy atom. The van der Waals surface area contributed by atoms with Gasteiger partial charge in [-0.25, -0.2) is 8.42 Å². The molecular formula is C19H25N3O4S. The van der Waals surface area contributed by atoms with Gasteiger partial charge in [0.2, 0.25) is 0 Å². The highest BCUT2D eigenvalue weighted by Crippen LogP contribution is 2.20. The molecule has 0 saturated heterocycles. The minimum Gasteiger partial charge on any atom is -0.497 e. The molecule has 0 spiro atoms. The van der Waals surface area contributed by atoms with Gasteiger partial charge >= 0.3 is 0 Å². The van der Waals surface area contributed by atoms with Gasteiger partial charge in [-0.1, -0.05) is 6.07 Å². The monoisotopic (exact) mass is 391 g/mol. The molecule has 2 N–H and O–H groups in total. The van der Waals surface area contributed by atoms with E-state index in [0.717, 1.165) is 13.0 Å². The van der Waals surface area contributed by atoms with Crippen LogP contribution in [0.3, 0.4) is 0 Å². The van der Waals surface area contributed by atoms with E-state index in [9.17, 15) is 13.2 Å². The Labute approximate surface area is 160 Å². The molecule has 0 radical (unpaired) electrons. The van der Waals surface area contributed by atoms with E-state index in [0.29, 0.717) is 23.5 Å². The molecule has 8 heteroatoms. The average molecular weight is 391 g/mol. The molecule has 7 nitrogen and oxygen atoms in total. The normalized spacial score (nSPS) is 11.3. The first-order valence-electron chi connectivity index (χ1n) is 8.52. The van der Waals surface area contributed by atoms with Gasteiger partial charge in [0.05, 0.1) is 12.0 Å². The summed E-state index contributed by atoms with van der Waals surface area (Å²) in [5.74, 6) is 0.334. The van der Waals surface area contributed by atoms with Crippen molar-refractivity contribution < 1.29 is 17.9 Å². The molecule has 146 valence electrons. The van der Waals surface area contributed by atoms with Crippen LogP contribution in [0.5, 0.6) is 5.75 Å². The number of methoxy groups -OCH3 is 1. The van der Waals surface area contributed by atoms with Crippen molar-refractivity contribution in [1.29, 1.82) is 0 Å². The third-order valence-electron chi connectivity index (χ3n) is 3.82. The molecular weight excluding hydrogens is 366 g/mol. The Hall–Kier alpha value is -2.58. The minimum atomic E-state index is -3.80. The number of sulfonamides is 1. The van der Waals surface area contributed by atoms with Crippen LogP contribution in [-0.4, -0.2) is 53.5 Å². The molecule has 0 aliphatic heterocycles. The molecule has 2 aromatic carbocycles. The number of hydrogen-bond donors (Lipinski definition) is 2. The summed E-state index contributed by atoms with van der Waals surface area (Å²) in [6, 6.07) is 12.5. The van der Waals surface area contributed by atoms with E-state index >= 15 is 0 Å². The van der Waals surface area contributed by atoms with Crippen molar-refractivity contribution in [3.63, 3.8) is 0 Å². The number of hydrogen-bond acceptors (Lipinski definition) is 5. The van der Waals surface area contributed by atoms with Crippen LogP contribution in [0.2, 0.25) is 0 Å². The summed E-state index contributed by atoms with van der Waals surface area (Å²) in [4.78, 5) is 14.3. The number of anilines is 1. The number of amides is 1. The van der Waals surface area contributed by atoms with Crippen LogP contribution in [-0.2, 0) is 10.0 Å². The third-order valence-corrected chi connectivity index (χ3v) is 5.20. The van der Waals surface area contributed by atoms with Crippen molar-refractivity contribution in [1.82, 2.24) is 10.2 Å². The van der Waals surface area contributed by atoms with Crippen LogP contribution in [0.25, 0.3) is 0 Å². The van der Waals surface area contributed by atoms with E-state index in [-0.39, 0.29) is 10.8 Å². The minimum absolute atomic E-state index is 0.0271. The van der Waals surface area contributed by atoms with E-state index in [1.54, 1.807) is 36.4 Å². The fourth-order valence-corrected chi connectivity index (χ4v) is 3.48. The number of carbonyl (C=O) groups is 1. The highest BCUT2D eigenvalue weighted by Gasteiger charge is 2.16. The maximum Gasteiger partial charge on any atom is 0.261 e. The van der Waals surface area contributed by atoms with Crippen molar-refractivity contribution in [2.24, 2.45) is 0 Å². The first-order chi connectivity index (χ1) is 12.8. The van der Waals surface area contributed by atoms with Crippen LogP contribution in [0.4, 0.5) is 5.69 Å². The molecule has 0 atom stereocenters. The standard InChI is InChI=1S/C19H25N3O4S/c1-22(2)13-5-12-20-19(23)15-6-4-7-18(14-15)27(24,25)21-16-8-10-17(26-3)11-9-16/h4,6-11,14,21H,5,12-13H2,1-3H3,(H,20,23). The van der Waals surface area contributed by atoms with Gasteiger partial charge in [-0.2, -0.15) is 0 Å². The first kappa shape index (κ1) is 20.7. The summed E-state index contributed by atoms with van der Waals surface area (Å²) in [6.45, 7) is 1.39. The van der Waals surface area contributed by atoms with Crippen LogP contribution in [0, 0.1) is 0 Å². The Morgan fingerprint density at radius 1 is 1.11 bits per heavy atom. The Kier molecular flexibility index (Phi) is 7.20. The zero-order chi connectivity index (χ0) is 19.9. The smallest absolute Gasteiger partial charge is 0.261 e. The van der Waals surface area contributed by atoms with E-state index in [2.05, 4.69) is 10.0 Å². The molecule has 0 fully saturated rings. The van der Waals surface area contributed by atoms with Crippen LogP contribution < -0.4 is 14.8 Å². The highest BCUT2D eigenvalue weighted by atomic mass is 32.2. The number of nitrogens with zero attached hydrogens (tertiary/aromatic N) is 1. The largest absolute Gasteiger partial charge is 0.497 e. The molecule has 0 aliphatic rings. The molecule has 0 bridgehead atoms. The lowest BCUT2D eigenvalue weighted by Crippen LogP contribution is -2.27. The number of benzene rings is 2. The van der Waals surface area contributed by atoms with E-state index in [1.807, 2.05) is 19.0 Å². The maximum absolute atomic E-state index is 12.6. The van der Waals surface area contributed by atoms with Crippen molar-refractivity contribution in [2.75, 3.05) is 39.0 Å². The quantitative estimate of drug-likeness (QED) is 0.640. The van der Waals surface area contributed by atoms with Gasteiger partial charge < -0.3 is 15.0 Å². The number of carbonyl (C=O) groups excluding carboxylic acids is 1. The molecule has 2 aromatic rings. The van der Waals surface area contributed by atoms with Crippen molar-refractivity contribution in [3.05, 3.63) is 54.1 Å². The summed E-state index contributed by atoms with van der Waals surface area (Å²) < 4.78 is 32.7. The zero-order valence-electron chi connectivity index (χ0n) is 15.7. The molecule has 0 aromatic heterocycles. The van der Waals surface area contributed by atoms with Gasteiger partial charge in [-0.05, 0) is 69.5 Å². The lowest BCUT2D eigenvalue weighted by atomic mass is 10.2. The van der Waals surface area contributed by atoms with Gasteiger partial charge in [-0.15, -0.1) is 0 Å². The number of nitrogens with one attached hydrogen (secondary N) is 2. The molecule has 0 unspecified atom stereocenters. The molecule has 27 heavy (non-hydrogen) atoms. The third kappa shape index (κ3) is 6.26. The fourth-order valence-electron chi connectivity index (χ4n) is 2.38. The van der Waals surface area contributed by atoms with Gasteiger partial charge in [0.1, 0.15) is 5.75 Å². The SMILES string of the molecule is COc1ccc(NS(=O)(=O)c2cccc(C(=O)NCCCN(C)C)c2)cc1. The summed E-state index contributed by atoms with van der Waals surface area (Å²) in [7, 11) is 1.66. The second-order valence-electron chi connectivity index (χ2n) is 6.27. The summed E-state index contributed by atoms with van der Waals surface area (Å²) in [5.41, 5.74) is 0.715. The predicted molar refractivity (Wildman–Crippen MR) is 106 cm³/mol. The van der Waals surface area contributed by atoms with Gasteiger partial charge in [-0.3, -0.25) is 9.52 Å². The lowest BCUT2D eigenvalue weighted by Gasteiger charge is -2.11. The van der Waals surface area contributed by atoms with Crippen LogP contribution in [0.15, 0.2) is 53.4 Å². The lowest BCUT2D eigenvalue weighted by molar-refractivity contribution is 0.0952. The maximum atomic E-state index is 12.6. The van der Waals surface area contributed by atoms with Crippen molar-refractivity contribution in [3.8, 4) is 5.75 Å². The fraction of sp³-hybridized carbons (Fsp3) is 0.316. The predicted octanol–water partition coefficient (Wildman–Crippen LogP) is 2.18. The first-order valence-corrected chi connectivity index (χ1v) is 10.00. The Balaban J connectivity index is 2.06. The van der Waals surface area contributed by atoms with E-state index < -0.39 is 10.0 Å². The van der Waals surface area contributed by atoms with Gasteiger partial charge in [0.25, 0.3) is 15.9 Å². The molecule has 2 rings (SSSR count). The van der Waals surface area contributed by atoms with E-state index in [4.69, 9.17) is 4.74 Å². The molecule has 0 heterocycles. The van der Waals surface area contributed by atoms with Crippen molar-refractivity contribution >= 4 is 21.6 Å². The summed E-state index contributed by atoms with van der Waals surface area (Å²) in [6.07, 6.45) is 0.815. The second kappa shape index (κ2) is 9.38. The average Bonchev–Trinajstić information content (AvgIpc) is 2.65. The molecule has 0 aliphatic carbocycles. The number of rotatable bonds is 9. The van der Waals surface area contributed by atoms with Crippen molar-refractivity contribution in [2.45, 2.75) is 11.3 Å². The Morgan fingerprint density at radius 2 is 1.81 bits per heavy atom. The zero-order valence-corrected chi connectivity index (χ0v) is 16.5. The van der Waals surface area contributed by atoms with E-state index in [1.165, 1.54) is 19.2 Å². The second-order valence-corrected chi connectivity index (χ2v) is 7.96. The van der Waals surface area contributed by atoms with Crippen LogP contribution >= 0.6 is 0 Å². The van der Waals surface area contributed by atoms with Crippen LogP contribution in [0.1, 0.15) is 16.8 Å². The molecule has 1 amide bonds. The topological polar surface area (TPSA) is 87.7 Å². The summed E-state index contributed by atoms with van der Waals surface area (Å²) >= 11 is 0.